The molecule has 0 saturated heterocycles. The van der Waals surface area contributed by atoms with Crippen LogP contribution in [0.3, 0.4) is 0 Å². The van der Waals surface area contributed by atoms with E-state index >= 15 is 0 Å². The highest BCUT2D eigenvalue weighted by atomic mass is 16.5. The van der Waals surface area contributed by atoms with Crippen molar-refractivity contribution in [1.29, 1.82) is 0 Å². The van der Waals surface area contributed by atoms with Crippen LogP contribution in [0.1, 0.15) is 95.3 Å². The summed E-state index contributed by atoms with van der Waals surface area (Å²) in [5, 5.41) is 4.17. The minimum atomic E-state index is -0.0902. The Morgan fingerprint density at radius 1 is 1.20 bits per heavy atom. The largest absolute Gasteiger partial charge is 0.338 e. The highest BCUT2D eigenvalue weighted by Crippen LogP contribution is 2.36. The summed E-state index contributed by atoms with van der Waals surface area (Å²) in [6.45, 7) is 4.44. The second-order valence-electron chi connectivity index (χ2n) is 6.25. The van der Waals surface area contributed by atoms with Gasteiger partial charge >= 0.3 is 0 Å². The molecule has 4 nitrogen and oxygen atoms in total. The molecule has 0 aliphatic heterocycles. The Hall–Kier alpha value is -0.900. The summed E-state index contributed by atoms with van der Waals surface area (Å²) < 4.78 is 5.36. The van der Waals surface area contributed by atoms with Crippen LogP contribution in [0.25, 0.3) is 0 Å². The van der Waals surface area contributed by atoms with E-state index in [-0.39, 0.29) is 6.04 Å². The first-order valence-corrected chi connectivity index (χ1v) is 8.33. The van der Waals surface area contributed by atoms with Crippen LogP contribution in [0.5, 0.6) is 0 Å². The Labute approximate surface area is 122 Å². The van der Waals surface area contributed by atoms with Crippen LogP contribution in [0.15, 0.2) is 4.52 Å². The highest BCUT2D eigenvalue weighted by molar-refractivity contribution is 4.99. The summed E-state index contributed by atoms with van der Waals surface area (Å²) in [5.41, 5.74) is 6.09. The molecule has 0 bridgehead atoms. The molecular formula is C16H29N3O. The second kappa shape index (κ2) is 7.77. The fourth-order valence-electron chi connectivity index (χ4n) is 3.23. The van der Waals surface area contributed by atoms with Gasteiger partial charge in [-0.05, 0) is 38.0 Å². The lowest BCUT2D eigenvalue weighted by molar-refractivity contribution is 0.293. The van der Waals surface area contributed by atoms with E-state index in [0.29, 0.717) is 11.8 Å². The van der Waals surface area contributed by atoms with Gasteiger partial charge in [0.05, 0.1) is 6.04 Å². The van der Waals surface area contributed by atoms with Gasteiger partial charge in [0.2, 0.25) is 5.89 Å². The van der Waals surface area contributed by atoms with Gasteiger partial charge in [0, 0.05) is 5.92 Å². The molecule has 1 aliphatic carbocycles. The fraction of sp³-hybridized carbons (Fsp3) is 0.875. The van der Waals surface area contributed by atoms with Crippen LogP contribution in [0.4, 0.5) is 0 Å². The molecule has 0 spiro atoms. The Balaban J connectivity index is 1.86. The number of aromatic nitrogens is 2. The van der Waals surface area contributed by atoms with Crippen LogP contribution in [-0.4, -0.2) is 10.1 Å². The van der Waals surface area contributed by atoms with E-state index in [2.05, 4.69) is 24.0 Å². The first-order valence-electron chi connectivity index (χ1n) is 8.33. The SMILES string of the molecule is CCCCC(N)c1nc(C2CCC(CCC)CC2)no1. The molecule has 1 heterocycles. The minimum Gasteiger partial charge on any atom is -0.338 e. The van der Waals surface area contributed by atoms with Crippen LogP contribution >= 0.6 is 0 Å². The van der Waals surface area contributed by atoms with Crippen molar-refractivity contribution < 1.29 is 4.52 Å². The van der Waals surface area contributed by atoms with Gasteiger partial charge in [-0.15, -0.1) is 0 Å². The average Bonchev–Trinajstić information content (AvgIpc) is 2.96. The molecule has 20 heavy (non-hydrogen) atoms. The molecular weight excluding hydrogens is 250 g/mol. The summed E-state index contributed by atoms with van der Waals surface area (Å²) in [5.74, 6) is 2.92. The van der Waals surface area contributed by atoms with Gasteiger partial charge in [-0.1, -0.05) is 44.7 Å². The molecule has 2 rings (SSSR count). The standard InChI is InChI=1S/C16H29N3O/c1-3-5-7-14(17)16-18-15(19-20-16)13-10-8-12(6-4-2)9-11-13/h12-14H,3-11,17H2,1-2H3. The fourth-order valence-corrected chi connectivity index (χ4v) is 3.23. The summed E-state index contributed by atoms with van der Waals surface area (Å²) in [6.07, 6.45) is 10.9. The zero-order chi connectivity index (χ0) is 14.4. The number of nitrogens with two attached hydrogens (primary N) is 1. The summed E-state index contributed by atoms with van der Waals surface area (Å²) in [7, 11) is 0. The lowest BCUT2D eigenvalue weighted by atomic mass is 9.80. The van der Waals surface area contributed by atoms with Crippen molar-refractivity contribution in [2.75, 3.05) is 0 Å². The van der Waals surface area contributed by atoms with Crippen molar-refractivity contribution in [2.24, 2.45) is 11.7 Å². The van der Waals surface area contributed by atoms with E-state index in [4.69, 9.17) is 10.3 Å². The van der Waals surface area contributed by atoms with Crippen molar-refractivity contribution in [2.45, 2.75) is 83.6 Å². The Morgan fingerprint density at radius 2 is 1.95 bits per heavy atom. The van der Waals surface area contributed by atoms with Crippen LogP contribution in [-0.2, 0) is 0 Å². The van der Waals surface area contributed by atoms with Gasteiger partial charge in [0.15, 0.2) is 5.82 Å². The summed E-state index contributed by atoms with van der Waals surface area (Å²) in [6, 6.07) is -0.0902. The third-order valence-corrected chi connectivity index (χ3v) is 4.55. The average molecular weight is 279 g/mol. The zero-order valence-electron chi connectivity index (χ0n) is 13.0. The molecule has 114 valence electrons. The number of rotatable bonds is 7. The van der Waals surface area contributed by atoms with Crippen molar-refractivity contribution in [1.82, 2.24) is 10.1 Å². The molecule has 1 unspecified atom stereocenters. The molecule has 0 radical (unpaired) electrons. The third kappa shape index (κ3) is 4.05. The first-order chi connectivity index (χ1) is 9.74. The number of hydrogen-bond acceptors (Lipinski definition) is 4. The first kappa shape index (κ1) is 15.5. The second-order valence-corrected chi connectivity index (χ2v) is 6.25. The number of hydrogen-bond donors (Lipinski definition) is 1. The maximum atomic E-state index is 6.09. The Morgan fingerprint density at radius 3 is 2.60 bits per heavy atom. The molecule has 1 atom stereocenters. The molecule has 0 aromatic carbocycles. The quantitative estimate of drug-likeness (QED) is 0.806. The van der Waals surface area contributed by atoms with E-state index in [1.807, 2.05) is 0 Å². The van der Waals surface area contributed by atoms with Crippen LogP contribution < -0.4 is 5.73 Å². The van der Waals surface area contributed by atoms with Crippen LogP contribution in [0, 0.1) is 5.92 Å². The van der Waals surface area contributed by atoms with E-state index in [0.717, 1.165) is 31.0 Å². The Kier molecular flexibility index (Phi) is 6.02. The van der Waals surface area contributed by atoms with Crippen molar-refractivity contribution >= 4 is 0 Å². The predicted octanol–water partition coefficient (Wildman–Crippen LogP) is 4.33. The molecule has 1 aromatic heterocycles. The van der Waals surface area contributed by atoms with Crippen molar-refractivity contribution in [3.05, 3.63) is 11.7 Å². The molecule has 4 heteroatoms. The van der Waals surface area contributed by atoms with Gasteiger partial charge in [0.25, 0.3) is 0 Å². The molecule has 2 N–H and O–H groups in total. The lowest BCUT2D eigenvalue weighted by Crippen LogP contribution is -2.15. The molecule has 1 aromatic rings. The van der Waals surface area contributed by atoms with Gasteiger partial charge in [-0.3, -0.25) is 0 Å². The normalized spacial score (nSPS) is 24.8. The lowest BCUT2D eigenvalue weighted by Gasteiger charge is -2.26. The topological polar surface area (TPSA) is 64.9 Å². The third-order valence-electron chi connectivity index (χ3n) is 4.55. The molecule has 1 fully saturated rings. The van der Waals surface area contributed by atoms with E-state index in [1.165, 1.54) is 38.5 Å². The molecule has 1 aliphatic rings. The predicted molar refractivity (Wildman–Crippen MR) is 80.4 cm³/mol. The van der Waals surface area contributed by atoms with Crippen LogP contribution in [0.2, 0.25) is 0 Å². The van der Waals surface area contributed by atoms with Gasteiger partial charge in [-0.25, -0.2) is 0 Å². The Bertz CT molecular complexity index is 383. The maximum Gasteiger partial charge on any atom is 0.243 e. The highest BCUT2D eigenvalue weighted by Gasteiger charge is 2.26. The number of unbranched alkanes of at least 4 members (excludes halogenated alkanes) is 1. The summed E-state index contributed by atoms with van der Waals surface area (Å²) in [4.78, 5) is 4.55. The van der Waals surface area contributed by atoms with E-state index in [1.54, 1.807) is 0 Å². The van der Waals surface area contributed by atoms with E-state index < -0.39 is 0 Å². The minimum absolute atomic E-state index is 0.0902. The monoisotopic (exact) mass is 279 g/mol. The number of nitrogens with zero attached hydrogens (tertiary/aromatic N) is 2. The zero-order valence-corrected chi connectivity index (χ0v) is 13.0. The van der Waals surface area contributed by atoms with Crippen molar-refractivity contribution in [3.63, 3.8) is 0 Å². The van der Waals surface area contributed by atoms with Gasteiger partial charge in [-0.2, -0.15) is 4.98 Å². The van der Waals surface area contributed by atoms with Gasteiger partial charge in [0.1, 0.15) is 0 Å². The molecule has 0 amide bonds. The molecule has 1 saturated carbocycles. The maximum absolute atomic E-state index is 6.09. The van der Waals surface area contributed by atoms with Gasteiger partial charge < -0.3 is 10.3 Å². The summed E-state index contributed by atoms with van der Waals surface area (Å²) >= 11 is 0. The van der Waals surface area contributed by atoms with E-state index in [9.17, 15) is 0 Å². The smallest absolute Gasteiger partial charge is 0.243 e. The van der Waals surface area contributed by atoms with Crippen molar-refractivity contribution in [3.8, 4) is 0 Å².